The van der Waals surface area contributed by atoms with Crippen LogP contribution in [0.3, 0.4) is 0 Å². The van der Waals surface area contributed by atoms with Gasteiger partial charge in [0.1, 0.15) is 5.75 Å². The Morgan fingerprint density at radius 2 is 1.92 bits per heavy atom. The van der Waals surface area contributed by atoms with Gasteiger partial charge in [-0.15, -0.1) is 0 Å². The van der Waals surface area contributed by atoms with Gasteiger partial charge in [0.2, 0.25) is 0 Å². The molecule has 2 atom stereocenters. The molecule has 2 unspecified atom stereocenters. The molecule has 2 fully saturated rings. The molecule has 0 amide bonds. The number of aryl methyl sites for hydroxylation is 1. The Morgan fingerprint density at radius 1 is 1.08 bits per heavy atom. The van der Waals surface area contributed by atoms with Crippen LogP contribution in [0.25, 0.3) is 0 Å². The van der Waals surface area contributed by atoms with Crippen molar-refractivity contribution in [2.75, 3.05) is 13.1 Å². The van der Waals surface area contributed by atoms with E-state index in [9.17, 15) is 10.2 Å². The van der Waals surface area contributed by atoms with Gasteiger partial charge in [0.25, 0.3) is 0 Å². The average Bonchev–Trinajstić information content (AvgIpc) is 2.53. The number of hydrogen-bond acceptors (Lipinski definition) is 3. The van der Waals surface area contributed by atoms with E-state index >= 15 is 0 Å². The predicted molar refractivity (Wildman–Crippen MR) is 96.4 cm³/mol. The molecule has 4 rings (SSSR count). The smallest absolute Gasteiger partial charge is 0.115 e. The molecule has 1 aromatic rings. The van der Waals surface area contributed by atoms with Crippen LogP contribution in [0.2, 0.25) is 0 Å². The van der Waals surface area contributed by atoms with Gasteiger partial charge < -0.3 is 15.5 Å². The fourth-order valence-corrected chi connectivity index (χ4v) is 5.43. The summed E-state index contributed by atoms with van der Waals surface area (Å²) in [6.07, 6.45) is 11.2. The van der Waals surface area contributed by atoms with Crippen LogP contribution in [0.4, 0.5) is 0 Å². The Hall–Kier alpha value is -1.06. The maximum Gasteiger partial charge on any atom is 0.115 e. The van der Waals surface area contributed by atoms with Crippen LogP contribution < -0.4 is 5.32 Å². The zero-order valence-electron chi connectivity index (χ0n) is 14.7. The highest BCUT2D eigenvalue weighted by Crippen LogP contribution is 2.55. The number of aliphatic hydroxyl groups is 1. The molecule has 0 saturated heterocycles. The largest absolute Gasteiger partial charge is 0.508 e. The van der Waals surface area contributed by atoms with Crippen LogP contribution >= 0.6 is 0 Å². The molecule has 0 bridgehead atoms. The van der Waals surface area contributed by atoms with Gasteiger partial charge in [0, 0.05) is 5.41 Å². The molecule has 0 radical (unpaired) electrons. The molecular formula is C21H31NO2. The van der Waals surface area contributed by atoms with Crippen molar-refractivity contribution in [3.05, 3.63) is 29.3 Å². The van der Waals surface area contributed by atoms with E-state index < -0.39 is 5.60 Å². The van der Waals surface area contributed by atoms with E-state index in [1.54, 1.807) is 6.07 Å². The fraction of sp³-hybridized carbons (Fsp3) is 0.714. The van der Waals surface area contributed by atoms with Gasteiger partial charge in [-0.05, 0) is 87.2 Å². The highest BCUT2D eigenvalue weighted by molar-refractivity contribution is 5.45. The number of phenolic OH excluding ortho intramolecular Hbond substituents is 1. The number of phenols is 1. The lowest BCUT2D eigenvalue weighted by atomic mass is 9.53. The van der Waals surface area contributed by atoms with Crippen LogP contribution in [0.15, 0.2) is 18.2 Å². The first-order valence-corrected chi connectivity index (χ1v) is 9.88. The minimum absolute atomic E-state index is 0.176. The highest BCUT2D eigenvalue weighted by atomic mass is 16.3. The SMILES string of the molecule is Oc1ccc2c(c1)C1(CCNCC3CCC3)CCCCC1(O)CC2. The van der Waals surface area contributed by atoms with Crippen molar-refractivity contribution in [2.24, 2.45) is 5.92 Å². The monoisotopic (exact) mass is 329 g/mol. The van der Waals surface area contributed by atoms with E-state index in [-0.39, 0.29) is 5.41 Å². The van der Waals surface area contributed by atoms with Crippen LogP contribution in [0, 0.1) is 5.92 Å². The van der Waals surface area contributed by atoms with E-state index in [0.29, 0.717) is 5.75 Å². The van der Waals surface area contributed by atoms with Gasteiger partial charge in [0.05, 0.1) is 5.60 Å². The van der Waals surface area contributed by atoms with E-state index in [1.165, 1.54) is 36.8 Å². The summed E-state index contributed by atoms with van der Waals surface area (Å²) < 4.78 is 0. The van der Waals surface area contributed by atoms with Gasteiger partial charge in [0.15, 0.2) is 0 Å². The second-order valence-electron chi connectivity index (χ2n) is 8.41. The molecule has 3 N–H and O–H groups in total. The molecular weight excluding hydrogens is 298 g/mol. The first-order valence-electron chi connectivity index (χ1n) is 9.88. The van der Waals surface area contributed by atoms with E-state index in [0.717, 1.165) is 57.5 Å². The second-order valence-corrected chi connectivity index (χ2v) is 8.41. The Kier molecular flexibility index (Phi) is 4.34. The minimum Gasteiger partial charge on any atom is -0.508 e. The van der Waals surface area contributed by atoms with Crippen molar-refractivity contribution in [3.63, 3.8) is 0 Å². The minimum atomic E-state index is -0.593. The van der Waals surface area contributed by atoms with Gasteiger partial charge in [-0.25, -0.2) is 0 Å². The lowest BCUT2D eigenvalue weighted by Gasteiger charge is -2.55. The Morgan fingerprint density at radius 3 is 2.71 bits per heavy atom. The number of fused-ring (bicyclic) bond motifs is 3. The van der Waals surface area contributed by atoms with E-state index in [4.69, 9.17) is 0 Å². The normalized spacial score (nSPS) is 32.7. The van der Waals surface area contributed by atoms with Crippen LogP contribution in [0.5, 0.6) is 5.75 Å². The predicted octanol–water partition coefficient (Wildman–Crippen LogP) is 3.66. The first-order chi connectivity index (χ1) is 11.6. The number of benzene rings is 1. The Bertz CT molecular complexity index is 598. The van der Waals surface area contributed by atoms with Crippen molar-refractivity contribution in [1.82, 2.24) is 5.32 Å². The molecule has 2 saturated carbocycles. The molecule has 1 aromatic carbocycles. The maximum atomic E-state index is 11.5. The summed E-state index contributed by atoms with van der Waals surface area (Å²) in [5, 5.41) is 25.3. The van der Waals surface area contributed by atoms with Crippen LogP contribution in [0.1, 0.15) is 68.9 Å². The van der Waals surface area contributed by atoms with E-state index in [1.807, 2.05) is 6.07 Å². The van der Waals surface area contributed by atoms with Gasteiger partial charge in [-0.1, -0.05) is 25.3 Å². The number of hydrogen-bond donors (Lipinski definition) is 3. The molecule has 3 heteroatoms. The quantitative estimate of drug-likeness (QED) is 0.723. The molecule has 132 valence electrons. The van der Waals surface area contributed by atoms with Crippen LogP contribution in [-0.2, 0) is 11.8 Å². The molecule has 3 nitrogen and oxygen atoms in total. The Labute approximate surface area is 145 Å². The third-order valence-corrected chi connectivity index (χ3v) is 7.14. The zero-order chi connectivity index (χ0) is 16.6. The lowest BCUT2D eigenvalue weighted by molar-refractivity contribution is -0.0869. The molecule has 0 aromatic heterocycles. The number of rotatable bonds is 5. The molecule has 0 aliphatic heterocycles. The fourth-order valence-electron chi connectivity index (χ4n) is 5.43. The van der Waals surface area contributed by atoms with Crippen molar-refractivity contribution in [1.29, 1.82) is 0 Å². The van der Waals surface area contributed by atoms with Crippen molar-refractivity contribution < 1.29 is 10.2 Å². The third kappa shape index (κ3) is 2.66. The van der Waals surface area contributed by atoms with Gasteiger partial charge in [-0.3, -0.25) is 0 Å². The topological polar surface area (TPSA) is 52.5 Å². The molecule has 24 heavy (non-hydrogen) atoms. The average molecular weight is 329 g/mol. The summed E-state index contributed by atoms with van der Waals surface area (Å²) in [6.45, 7) is 2.09. The molecule has 3 aliphatic rings. The summed E-state index contributed by atoms with van der Waals surface area (Å²) in [7, 11) is 0. The van der Waals surface area contributed by atoms with Crippen molar-refractivity contribution >= 4 is 0 Å². The summed E-state index contributed by atoms with van der Waals surface area (Å²) in [5.74, 6) is 1.21. The van der Waals surface area contributed by atoms with Gasteiger partial charge in [-0.2, -0.15) is 0 Å². The molecule has 0 spiro atoms. The summed E-state index contributed by atoms with van der Waals surface area (Å²) in [6, 6.07) is 5.81. The zero-order valence-corrected chi connectivity index (χ0v) is 14.7. The third-order valence-electron chi connectivity index (χ3n) is 7.14. The number of aromatic hydroxyl groups is 1. The summed E-state index contributed by atoms with van der Waals surface area (Å²) in [4.78, 5) is 0. The summed E-state index contributed by atoms with van der Waals surface area (Å²) >= 11 is 0. The molecule has 0 heterocycles. The highest BCUT2D eigenvalue weighted by Gasteiger charge is 2.54. The number of nitrogens with one attached hydrogen (secondary N) is 1. The lowest BCUT2D eigenvalue weighted by Crippen LogP contribution is -2.57. The van der Waals surface area contributed by atoms with Crippen LogP contribution in [-0.4, -0.2) is 28.9 Å². The Balaban J connectivity index is 1.58. The maximum absolute atomic E-state index is 11.5. The first kappa shape index (κ1) is 16.4. The standard InChI is InChI=1S/C21H31NO2/c23-18-7-6-17-8-11-21(24)10-2-1-9-20(21,19(17)14-18)12-13-22-15-16-4-3-5-16/h6-7,14,16,22-24H,1-5,8-13,15H2. The summed E-state index contributed by atoms with van der Waals surface area (Å²) in [5.41, 5.74) is 1.79. The van der Waals surface area contributed by atoms with Crippen molar-refractivity contribution in [3.8, 4) is 5.75 Å². The van der Waals surface area contributed by atoms with Gasteiger partial charge >= 0.3 is 0 Å². The van der Waals surface area contributed by atoms with Crippen molar-refractivity contribution in [2.45, 2.75) is 75.2 Å². The molecule has 3 aliphatic carbocycles. The van der Waals surface area contributed by atoms with E-state index in [2.05, 4.69) is 11.4 Å². The second kappa shape index (κ2) is 6.34.